The molecule has 1 aromatic rings. The van der Waals surface area contributed by atoms with Gasteiger partial charge in [0.05, 0.1) is 18.9 Å². The van der Waals surface area contributed by atoms with Crippen LogP contribution in [0.5, 0.6) is 5.75 Å². The number of para-hydroxylation sites is 1. The molecule has 1 aromatic carbocycles. The zero-order valence-corrected chi connectivity index (χ0v) is 8.58. The average Bonchev–Trinajstić information content (AvgIpc) is 2.04. The summed E-state index contributed by atoms with van der Waals surface area (Å²) >= 11 is 3.34. The first kappa shape index (κ1) is 8.84. The molecule has 0 amide bonds. The second-order valence-electron chi connectivity index (χ2n) is 2.93. The van der Waals surface area contributed by atoms with Crippen LogP contribution in [0.2, 0.25) is 0 Å². The molecule has 0 spiro atoms. The van der Waals surface area contributed by atoms with Crippen molar-refractivity contribution in [1.29, 1.82) is 0 Å². The summed E-state index contributed by atoms with van der Waals surface area (Å²) in [6.07, 6.45) is 0.164. The average molecular weight is 244 g/mol. The Bertz CT molecular complexity index is 312. The van der Waals surface area contributed by atoms with Crippen LogP contribution in [0.15, 0.2) is 22.7 Å². The quantitative estimate of drug-likeness (QED) is 0.807. The third-order valence-corrected chi connectivity index (χ3v) is 2.61. The molecule has 0 radical (unpaired) electrons. The number of nitrogen functional groups attached to an aromatic ring is 1. The topological polar surface area (TPSA) is 44.5 Å². The SMILES string of the molecule is Nc1c(Br)cccc1OC1COC1. The summed E-state index contributed by atoms with van der Waals surface area (Å²) in [6, 6.07) is 5.65. The Morgan fingerprint density at radius 2 is 2.23 bits per heavy atom. The zero-order chi connectivity index (χ0) is 9.26. The maximum absolute atomic E-state index is 5.80. The van der Waals surface area contributed by atoms with E-state index in [0.29, 0.717) is 18.9 Å². The second-order valence-corrected chi connectivity index (χ2v) is 3.78. The van der Waals surface area contributed by atoms with E-state index >= 15 is 0 Å². The lowest BCUT2D eigenvalue weighted by molar-refractivity contribution is -0.0794. The summed E-state index contributed by atoms with van der Waals surface area (Å²) in [4.78, 5) is 0. The van der Waals surface area contributed by atoms with Crippen LogP contribution in [0.25, 0.3) is 0 Å². The fraction of sp³-hybridized carbons (Fsp3) is 0.333. The Balaban J connectivity index is 2.14. The molecular formula is C9H10BrNO2. The van der Waals surface area contributed by atoms with Gasteiger partial charge in [-0.2, -0.15) is 0 Å². The fourth-order valence-corrected chi connectivity index (χ4v) is 1.43. The molecule has 0 aromatic heterocycles. The molecule has 0 aliphatic carbocycles. The molecule has 1 aliphatic heterocycles. The Kier molecular flexibility index (Phi) is 2.42. The highest BCUT2D eigenvalue weighted by Crippen LogP contribution is 2.30. The standard InChI is InChI=1S/C9H10BrNO2/c10-7-2-1-3-8(9(7)11)13-6-4-12-5-6/h1-3,6H,4-5,11H2. The molecule has 0 saturated carbocycles. The highest BCUT2D eigenvalue weighted by molar-refractivity contribution is 9.10. The van der Waals surface area contributed by atoms with Crippen LogP contribution in [0.4, 0.5) is 5.69 Å². The molecule has 1 heterocycles. The van der Waals surface area contributed by atoms with E-state index in [9.17, 15) is 0 Å². The first-order chi connectivity index (χ1) is 6.27. The van der Waals surface area contributed by atoms with Gasteiger partial charge in [-0.05, 0) is 28.1 Å². The molecule has 0 atom stereocenters. The Morgan fingerprint density at radius 3 is 2.85 bits per heavy atom. The molecule has 1 aliphatic rings. The number of hydrogen-bond acceptors (Lipinski definition) is 3. The summed E-state index contributed by atoms with van der Waals surface area (Å²) < 4.78 is 11.4. The van der Waals surface area contributed by atoms with Crippen molar-refractivity contribution in [3.8, 4) is 5.75 Å². The highest BCUT2D eigenvalue weighted by Gasteiger charge is 2.21. The first-order valence-corrected chi connectivity index (χ1v) is 4.85. The van der Waals surface area contributed by atoms with Gasteiger partial charge >= 0.3 is 0 Å². The normalized spacial score (nSPS) is 16.7. The van der Waals surface area contributed by atoms with E-state index in [1.807, 2.05) is 18.2 Å². The van der Waals surface area contributed by atoms with Crippen LogP contribution < -0.4 is 10.5 Å². The Morgan fingerprint density at radius 1 is 1.46 bits per heavy atom. The number of ether oxygens (including phenoxy) is 2. The van der Waals surface area contributed by atoms with Crippen molar-refractivity contribution in [2.24, 2.45) is 0 Å². The van der Waals surface area contributed by atoms with Crippen molar-refractivity contribution in [2.45, 2.75) is 6.10 Å². The van der Waals surface area contributed by atoms with E-state index in [1.165, 1.54) is 0 Å². The van der Waals surface area contributed by atoms with E-state index in [-0.39, 0.29) is 6.10 Å². The molecule has 3 nitrogen and oxygen atoms in total. The molecule has 0 bridgehead atoms. The predicted octanol–water partition coefficient (Wildman–Crippen LogP) is 1.81. The molecule has 0 unspecified atom stereocenters. The Labute approximate surface area is 85.0 Å². The van der Waals surface area contributed by atoms with Crippen LogP contribution >= 0.6 is 15.9 Å². The second kappa shape index (κ2) is 3.55. The lowest BCUT2D eigenvalue weighted by Gasteiger charge is -2.27. The molecular weight excluding hydrogens is 234 g/mol. The minimum absolute atomic E-state index is 0.164. The van der Waals surface area contributed by atoms with Crippen molar-refractivity contribution < 1.29 is 9.47 Å². The number of anilines is 1. The lowest BCUT2D eigenvalue weighted by Crippen LogP contribution is -2.38. The van der Waals surface area contributed by atoms with E-state index in [4.69, 9.17) is 15.2 Å². The van der Waals surface area contributed by atoms with Crippen LogP contribution in [0, 0.1) is 0 Å². The van der Waals surface area contributed by atoms with Gasteiger partial charge in [0.1, 0.15) is 11.9 Å². The fourth-order valence-electron chi connectivity index (χ4n) is 1.08. The molecule has 13 heavy (non-hydrogen) atoms. The molecule has 2 N–H and O–H groups in total. The van der Waals surface area contributed by atoms with Gasteiger partial charge in [-0.15, -0.1) is 0 Å². The van der Waals surface area contributed by atoms with Crippen molar-refractivity contribution in [2.75, 3.05) is 18.9 Å². The molecule has 2 rings (SSSR count). The van der Waals surface area contributed by atoms with Crippen molar-refractivity contribution in [1.82, 2.24) is 0 Å². The van der Waals surface area contributed by atoms with Gasteiger partial charge in [0.15, 0.2) is 0 Å². The minimum atomic E-state index is 0.164. The number of hydrogen-bond donors (Lipinski definition) is 1. The summed E-state index contributed by atoms with van der Waals surface area (Å²) in [5.74, 6) is 0.725. The molecule has 70 valence electrons. The minimum Gasteiger partial charge on any atom is -0.483 e. The van der Waals surface area contributed by atoms with E-state index in [1.54, 1.807) is 0 Å². The van der Waals surface area contributed by atoms with Gasteiger partial charge in [-0.25, -0.2) is 0 Å². The molecule has 4 heteroatoms. The largest absolute Gasteiger partial charge is 0.483 e. The maximum atomic E-state index is 5.80. The highest BCUT2D eigenvalue weighted by atomic mass is 79.9. The van der Waals surface area contributed by atoms with Crippen LogP contribution in [0.3, 0.4) is 0 Å². The lowest BCUT2D eigenvalue weighted by atomic mass is 10.3. The monoisotopic (exact) mass is 243 g/mol. The van der Waals surface area contributed by atoms with Crippen LogP contribution in [0.1, 0.15) is 0 Å². The van der Waals surface area contributed by atoms with Gasteiger partial charge in [0.2, 0.25) is 0 Å². The van der Waals surface area contributed by atoms with Gasteiger partial charge in [-0.3, -0.25) is 0 Å². The van der Waals surface area contributed by atoms with Crippen molar-refractivity contribution in [3.05, 3.63) is 22.7 Å². The summed E-state index contributed by atoms with van der Waals surface area (Å²) in [5.41, 5.74) is 6.44. The summed E-state index contributed by atoms with van der Waals surface area (Å²) in [5, 5.41) is 0. The van der Waals surface area contributed by atoms with E-state index < -0.39 is 0 Å². The summed E-state index contributed by atoms with van der Waals surface area (Å²) in [7, 11) is 0. The third kappa shape index (κ3) is 1.78. The maximum Gasteiger partial charge on any atom is 0.145 e. The number of halogens is 1. The molecule has 1 saturated heterocycles. The van der Waals surface area contributed by atoms with E-state index in [0.717, 1.165) is 10.2 Å². The van der Waals surface area contributed by atoms with E-state index in [2.05, 4.69) is 15.9 Å². The summed E-state index contributed by atoms with van der Waals surface area (Å²) in [6.45, 7) is 1.32. The van der Waals surface area contributed by atoms with Gasteiger partial charge < -0.3 is 15.2 Å². The number of nitrogens with two attached hydrogens (primary N) is 1. The smallest absolute Gasteiger partial charge is 0.145 e. The van der Waals surface area contributed by atoms with Crippen molar-refractivity contribution in [3.63, 3.8) is 0 Å². The third-order valence-electron chi connectivity index (χ3n) is 1.91. The molecule has 1 fully saturated rings. The number of rotatable bonds is 2. The van der Waals surface area contributed by atoms with Gasteiger partial charge in [0, 0.05) is 4.47 Å². The first-order valence-electron chi connectivity index (χ1n) is 4.06. The van der Waals surface area contributed by atoms with Crippen LogP contribution in [-0.2, 0) is 4.74 Å². The van der Waals surface area contributed by atoms with Gasteiger partial charge in [0.25, 0.3) is 0 Å². The number of benzene rings is 1. The predicted molar refractivity (Wildman–Crippen MR) is 53.8 cm³/mol. The Hall–Kier alpha value is -0.740. The zero-order valence-electron chi connectivity index (χ0n) is 7.00. The van der Waals surface area contributed by atoms with Crippen LogP contribution in [-0.4, -0.2) is 19.3 Å². The van der Waals surface area contributed by atoms with Gasteiger partial charge in [-0.1, -0.05) is 6.07 Å². The van der Waals surface area contributed by atoms with Crippen molar-refractivity contribution >= 4 is 21.6 Å².